The molecule has 0 bridgehead atoms. The van der Waals surface area contributed by atoms with E-state index in [9.17, 15) is 9.59 Å². The summed E-state index contributed by atoms with van der Waals surface area (Å²) in [7, 11) is 0. The Balaban J connectivity index is 1.93. The third kappa shape index (κ3) is 5.69. The Morgan fingerprint density at radius 1 is 0.923 bits per heavy atom. The third-order valence-corrected chi connectivity index (χ3v) is 4.29. The van der Waals surface area contributed by atoms with Crippen LogP contribution >= 0.6 is 35.4 Å². The van der Waals surface area contributed by atoms with Gasteiger partial charge in [-0.15, -0.1) is 0 Å². The van der Waals surface area contributed by atoms with E-state index >= 15 is 0 Å². The number of nitrogens with one attached hydrogen (secondary N) is 3. The van der Waals surface area contributed by atoms with Crippen LogP contribution in [0.5, 0.6) is 0 Å². The summed E-state index contributed by atoms with van der Waals surface area (Å²) in [4.78, 5) is 23.8. The minimum Gasteiger partial charge on any atom is -0.332 e. The molecule has 2 amide bonds. The van der Waals surface area contributed by atoms with Crippen LogP contribution < -0.4 is 16.0 Å². The molecule has 0 heterocycles. The van der Waals surface area contributed by atoms with Crippen LogP contribution in [0, 0.1) is 5.92 Å². The first kappa shape index (κ1) is 20.2. The number of thiocarbonyl (C=S) groups is 1. The fraction of sp³-hybridized carbons (Fsp3) is 0.167. The zero-order chi connectivity index (χ0) is 19.3. The maximum Gasteiger partial charge on any atom is 0.257 e. The van der Waals surface area contributed by atoms with E-state index in [0.717, 1.165) is 0 Å². The highest BCUT2D eigenvalue weighted by Gasteiger charge is 2.10. The van der Waals surface area contributed by atoms with E-state index in [4.69, 9.17) is 35.4 Å². The molecule has 2 rings (SSSR count). The number of carbonyl (C=O) groups excluding carboxylic acids is 2. The lowest BCUT2D eigenvalue weighted by atomic mass is 10.2. The lowest BCUT2D eigenvalue weighted by molar-refractivity contribution is -0.118. The van der Waals surface area contributed by atoms with Crippen molar-refractivity contribution < 1.29 is 9.59 Å². The molecule has 8 heteroatoms. The second kappa shape index (κ2) is 8.98. The van der Waals surface area contributed by atoms with E-state index in [2.05, 4.69) is 16.0 Å². The van der Waals surface area contributed by atoms with Gasteiger partial charge >= 0.3 is 0 Å². The molecule has 136 valence electrons. The van der Waals surface area contributed by atoms with Crippen LogP contribution in [-0.4, -0.2) is 16.9 Å². The van der Waals surface area contributed by atoms with Gasteiger partial charge in [-0.1, -0.05) is 37.0 Å². The lowest BCUT2D eigenvalue weighted by Gasteiger charge is -2.11. The molecule has 0 atom stereocenters. The van der Waals surface area contributed by atoms with Gasteiger partial charge in [0.05, 0.1) is 10.0 Å². The van der Waals surface area contributed by atoms with E-state index in [-0.39, 0.29) is 22.0 Å². The molecule has 0 spiro atoms. The van der Waals surface area contributed by atoms with Gasteiger partial charge in [0.15, 0.2) is 5.11 Å². The number of hydrogen-bond acceptors (Lipinski definition) is 3. The summed E-state index contributed by atoms with van der Waals surface area (Å²) < 4.78 is 0. The number of anilines is 2. The Morgan fingerprint density at radius 3 is 2.04 bits per heavy atom. The van der Waals surface area contributed by atoms with Crippen molar-refractivity contribution in [2.45, 2.75) is 13.8 Å². The van der Waals surface area contributed by atoms with Gasteiger partial charge in [0.2, 0.25) is 5.91 Å². The van der Waals surface area contributed by atoms with E-state index in [1.54, 1.807) is 36.4 Å². The van der Waals surface area contributed by atoms with Gasteiger partial charge in [-0.2, -0.15) is 0 Å². The van der Waals surface area contributed by atoms with Crippen molar-refractivity contribution in [3.8, 4) is 0 Å². The number of carbonyl (C=O) groups is 2. The minimum absolute atomic E-state index is 0.0601. The molecule has 0 fully saturated rings. The van der Waals surface area contributed by atoms with Crippen molar-refractivity contribution in [2.75, 3.05) is 10.6 Å². The Labute approximate surface area is 167 Å². The van der Waals surface area contributed by atoms with Crippen molar-refractivity contribution in [1.29, 1.82) is 0 Å². The molecule has 2 aromatic carbocycles. The highest BCUT2D eigenvalue weighted by atomic mass is 35.5. The van der Waals surface area contributed by atoms with Crippen LogP contribution in [-0.2, 0) is 4.79 Å². The molecule has 0 aliphatic carbocycles. The molecule has 5 nitrogen and oxygen atoms in total. The molecule has 2 aromatic rings. The second-order valence-corrected chi connectivity index (χ2v) is 6.98. The summed E-state index contributed by atoms with van der Waals surface area (Å²) in [5.41, 5.74) is 1.70. The summed E-state index contributed by atoms with van der Waals surface area (Å²) in [5, 5.41) is 9.05. The van der Waals surface area contributed by atoms with Gasteiger partial charge in [0, 0.05) is 22.9 Å². The zero-order valence-corrected chi connectivity index (χ0v) is 16.4. The summed E-state index contributed by atoms with van der Waals surface area (Å²) in [5.74, 6) is -0.561. The van der Waals surface area contributed by atoms with Crippen molar-refractivity contribution in [3.05, 3.63) is 58.1 Å². The largest absolute Gasteiger partial charge is 0.332 e. The molecule has 3 N–H and O–H groups in total. The number of rotatable bonds is 4. The van der Waals surface area contributed by atoms with E-state index in [1.807, 2.05) is 13.8 Å². The second-order valence-electron chi connectivity index (χ2n) is 5.76. The van der Waals surface area contributed by atoms with E-state index in [1.165, 1.54) is 6.07 Å². The summed E-state index contributed by atoms with van der Waals surface area (Å²) >= 11 is 16.9. The molecule has 26 heavy (non-hydrogen) atoms. The Bertz CT molecular complexity index is 839. The first-order valence-electron chi connectivity index (χ1n) is 7.74. The average molecular weight is 410 g/mol. The number of hydrogen-bond donors (Lipinski definition) is 3. The fourth-order valence-electron chi connectivity index (χ4n) is 1.90. The first-order chi connectivity index (χ1) is 12.3. The number of amides is 2. The predicted octanol–water partition coefficient (Wildman–Crippen LogP) is 4.71. The van der Waals surface area contributed by atoms with Crippen molar-refractivity contribution >= 4 is 63.7 Å². The first-order valence-corrected chi connectivity index (χ1v) is 8.91. The summed E-state index contributed by atoms with van der Waals surface area (Å²) in [6.07, 6.45) is 0. The van der Waals surface area contributed by atoms with Crippen LogP contribution in [0.2, 0.25) is 10.0 Å². The lowest BCUT2D eigenvalue weighted by Crippen LogP contribution is -2.34. The van der Waals surface area contributed by atoms with Gasteiger partial charge in [-0.05, 0) is 54.7 Å². The molecule has 0 aliphatic heterocycles. The Kier molecular flexibility index (Phi) is 6.97. The van der Waals surface area contributed by atoms with Crippen LogP contribution in [0.25, 0.3) is 0 Å². The van der Waals surface area contributed by atoms with Crippen molar-refractivity contribution in [1.82, 2.24) is 5.32 Å². The van der Waals surface area contributed by atoms with Gasteiger partial charge in [-0.3, -0.25) is 14.9 Å². The van der Waals surface area contributed by atoms with Gasteiger partial charge in [0.1, 0.15) is 0 Å². The zero-order valence-electron chi connectivity index (χ0n) is 14.1. The quantitative estimate of drug-likeness (QED) is 0.639. The van der Waals surface area contributed by atoms with E-state index in [0.29, 0.717) is 22.0 Å². The molecule has 0 aliphatic rings. The highest BCUT2D eigenvalue weighted by Crippen LogP contribution is 2.22. The van der Waals surface area contributed by atoms with Crippen molar-refractivity contribution in [2.24, 2.45) is 5.92 Å². The minimum atomic E-state index is -0.401. The van der Waals surface area contributed by atoms with E-state index < -0.39 is 5.91 Å². The Morgan fingerprint density at radius 2 is 1.50 bits per heavy atom. The average Bonchev–Trinajstić information content (AvgIpc) is 2.58. The number of halogens is 2. The third-order valence-electron chi connectivity index (χ3n) is 3.34. The van der Waals surface area contributed by atoms with Crippen LogP contribution in [0.15, 0.2) is 42.5 Å². The molecule has 0 saturated heterocycles. The molecular weight excluding hydrogens is 393 g/mol. The standard InChI is InChI=1S/C18H17Cl2N3O2S/c1-10(2)16(24)21-12-4-6-13(7-5-12)22-18(26)23-17(25)11-3-8-14(19)15(20)9-11/h3-10H,1-2H3,(H,21,24)(H2,22,23,25,26). The number of benzene rings is 2. The molecular formula is C18H17Cl2N3O2S. The van der Waals surface area contributed by atoms with Gasteiger partial charge in [0.25, 0.3) is 5.91 Å². The Hall–Kier alpha value is -2.15. The normalized spacial score (nSPS) is 10.3. The van der Waals surface area contributed by atoms with Gasteiger partial charge < -0.3 is 10.6 Å². The summed E-state index contributed by atoms with van der Waals surface area (Å²) in [6, 6.07) is 11.5. The van der Waals surface area contributed by atoms with Crippen molar-refractivity contribution in [3.63, 3.8) is 0 Å². The van der Waals surface area contributed by atoms with Gasteiger partial charge in [-0.25, -0.2) is 0 Å². The smallest absolute Gasteiger partial charge is 0.257 e. The maximum absolute atomic E-state index is 12.2. The molecule has 0 saturated carbocycles. The summed E-state index contributed by atoms with van der Waals surface area (Å²) in [6.45, 7) is 3.64. The molecule has 0 unspecified atom stereocenters. The molecule has 0 aromatic heterocycles. The van der Waals surface area contributed by atoms with Crippen LogP contribution in [0.4, 0.5) is 11.4 Å². The fourth-order valence-corrected chi connectivity index (χ4v) is 2.41. The molecule has 0 radical (unpaired) electrons. The highest BCUT2D eigenvalue weighted by molar-refractivity contribution is 7.80. The monoisotopic (exact) mass is 409 g/mol. The van der Waals surface area contributed by atoms with Crippen LogP contribution in [0.3, 0.4) is 0 Å². The van der Waals surface area contributed by atoms with Crippen LogP contribution in [0.1, 0.15) is 24.2 Å². The maximum atomic E-state index is 12.2. The SMILES string of the molecule is CC(C)C(=O)Nc1ccc(NC(=S)NC(=O)c2ccc(Cl)c(Cl)c2)cc1. The predicted molar refractivity (Wildman–Crippen MR) is 110 cm³/mol. The topological polar surface area (TPSA) is 70.2 Å².